The van der Waals surface area contributed by atoms with Crippen LogP contribution >= 0.6 is 0 Å². The number of aromatic nitrogens is 3. The summed E-state index contributed by atoms with van der Waals surface area (Å²) in [6.07, 6.45) is 2.53. The van der Waals surface area contributed by atoms with Crippen molar-refractivity contribution in [3.8, 4) is 17.1 Å². The van der Waals surface area contributed by atoms with Crippen molar-refractivity contribution in [1.29, 1.82) is 0 Å². The van der Waals surface area contributed by atoms with Crippen molar-refractivity contribution >= 4 is 0 Å². The molecule has 3 nitrogen and oxygen atoms in total. The minimum atomic E-state index is 0.689. The third kappa shape index (κ3) is 2.26. The van der Waals surface area contributed by atoms with Crippen LogP contribution in [0.3, 0.4) is 0 Å². The highest BCUT2D eigenvalue weighted by Gasteiger charge is 2.13. The van der Waals surface area contributed by atoms with Crippen LogP contribution in [0.5, 0.6) is 0 Å². The summed E-state index contributed by atoms with van der Waals surface area (Å²) < 4.78 is 2.08. The van der Waals surface area contributed by atoms with E-state index >= 15 is 0 Å². The van der Waals surface area contributed by atoms with E-state index in [4.69, 9.17) is 0 Å². The molecule has 0 atom stereocenters. The summed E-state index contributed by atoms with van der Waals surface area (Å²) in [6, 6.07) is 20.2. The summed E-state index contributed by atoms with van der Waals surface area (Å²) in [4.78, 5) is 0. The smallest absolute Gasteiger partial charge is 0.168 e. The Morgan fingerprint density at radius 2 is 1.55 bits per heavy atom. The fraction of sp³-hybridized carbons (Fsp3) is 0.0588. The number of nitrogens with zero attached hydrogens (tertiary/aromatic N) is 3. The van der Waals surface area contributed by atoms with Crippen LogP contribution in [0.15, 0.2) is 73.3 Å². The summed E-state index contributed by atoms with van der Waals surface area (Å²) in [5.74, 6) is 1.75. The van der Waals surface area contributed by atoms with Crippen molar-refractivity contribution in [2.24, 2.45) is 0 Å². The first-order valence-electron chi connectivity index (χ1n) is 6.56. The molecule has 0 radical (unpaired) electrons. The first kappa shape index (κ1) is 12.4. The number of hydrogen-bond acceptors (Lipinski definition) is 2. The van der Waals surface area contributed by atoms with Gasteiger partial charge in [-0.1, -0.05) is 54.6 Å². The Bertz CT molecular complexity index is 700. The van der Waals surface area contributed by atoms with Crippen molar-refractivity contribution < 1.29 is 0 Å². The van der Waals surface area contributed by atoms with Crippen molar-refractivity contribution in [3.05, 3.63) is 79.1 Å². The lowest BCUT2D eigenvalue weighted by atomic mass is 10.2. The van der Waals surface area contributed by atoms with Gasteiger partial charge in [-0.2, -0.15) is 0 Å². The monoisotopic (exact) mass is 261 g/mol. The van der Waals surface area contributed by atoms with Gasteiger partial charge in [0.05, 0.1) is 0 Å². The van der Waals surface area contributed by atoms with Crippen LogP contribution < -0.4 is 0 Å². The highest BCUT2D eigenvalue weighted by atomic mass is 15.3. The Kier molecular flexibility index (Phi) is 3.42. The molecule has 0 fully saturated rings. The van der Waals surface area contributed by atoms with E-state index in [1.807, 2.05) is 54.6 Å². The Labute approximate surface area is 118 Å². The minimum absolute atomic E-state index is 0.689. The third-order valence-corrected chi connectivity index (χ3v) is 3.10. The van der Waals surface area contributed by atoms with Crippen LogP contribution in [0.25, 0.3) is 17.1 Å². The van der Waals surface area contributed by atoms with Crippen LogP contribution in [-0.2, 0) is 6.42 Å². The summed E-state index contributed by atoms with van der Waals surface area (Å²) in [6.45, 7) is 3.79. The Morgan fingerprint density at radius 1 is 0.900 bits per heavy atom. The second kappa shape index (κ2) is 5.53. The van der Waals surface area contributed by atoms with Crippen molar-refractivity contribution in [1.82, 2.24) is 14.8 Å². The molecule has 0 N–H and O–H groups in total. The first-order chi connectivity index (χ1) is 9.90. The number of hydrogen-bond donors (Lipinski definition) is 0. The molecule has 1 heterocycles. The molecule has 0 spiro atoms. The van der Waals surface area contributed by atoms with Crippen LogP contribution in [-0.4, -0.2) is 14.8 Å². The molecule has 0 aliphatic carbocycles. The normalized spacial score (nSPS) is 10.4. The molecule has 3 heteroatoms. The zero-order chi connectivity index (χ0) is 13.8. The molecule has 98 valence electrons. The van der Waals surface area contributed by atoms with E-state index in [0.29, 0.717) is 6.42 Å². The van der Waals surface area contributed by atoms with Crippen LogP contribution in [0.2, 0.25) is 0 Å². The standard InChI is InChI=1S/C17H15N3/c1-2-9-16-18-19-17(14-10-5-3-6-11-14)20(16)15-12-7-4-8-13-15/h2-8,10-13H,1,9H2. The highest BCUT2D eigenvalue weighted by molar-refractivity contribution is 5.58. The Balaban J connectivity index is 2.19. The third-order valence-electron chi connectivity index (χ3n) is 3.10. The predicted octanol–water partition coefficient (Wildman–Crippen LogP) is 3.66. The van der Waals surface area contributed by atoms with Gasteiger partial charge in [0.2, 0.25) is 0 Å². The average Bonchev–Trinajstić information content (AvgIpc) is 2.93. The highest BCUT2D eigenvalue weighted by Crippen LogP contribution is 2.22. The lowest BCUT2D eigenvalue weighted by Crippen LogP contribution is -2.02. The molecule has 0 amide bonds. The second-order valence-corrected chi connectivity index (χ2v) is 4.47. The molecule has 3 aromatic rings. The van der Waals surface area contributed by atoms with E-state index in [1.54, 1.807) is 0 Å². The van der Waals surface area contributed by atoms with Gasteiger partial charge in [0.25, 0.3) is 0 Å². The first-order valence-corrected chi connectivity index (χ1v) is 6.56. The van der Waals surface area contributed by atoms with Gasteiger partial charge in [-0.05, 0) is 12.1 Å². The topological polar surface area (TPSA) is 30.7 Å². The Morgan fingerprint density at radius 3 is 2.20 bits per heavy atom. The van der Waals surface area contributed by atoms with Crippen LogP contribution in [0.1, 0.15) is 5.82 Å². The number of benzene rings is 2. The molecular formula is C17H15N3. The molecule has 0 saturated heterocycles. The molecule has 20 heavy (non-hydrogen) atoms. The van der Waals surface area contributed by atoms with Gasteiger partial charge in [0, 0.05) is 17.7 Å². The maximum absolute atomic E-state index is 4.35. The van der Waals surface area contributed by atoms with Gasteiger partial charge < -0.3 is 0 Å². The van der Waals surface area contributed by atoms with E-state index in [-0.39, 0.29) is 0 Å². The van der Waals surface area contributed by atoms with Gasteiger partial charge >= 0.3 is 0 Å². The van der Waals surface area contributed by atoms with Gasteiger partial charge in [-0.25, -0.2) is 0 Å². The molecule has 3 rings (SSSR count). The summed E-state index contributed by atoms with van der Waals surface area (Å²) in [5.41, 5.74) is 2.12. The van der Waals surface area contributed by atoms with Crippen molar-refractivity contribution in [2.75, 3.05) is 0 Å². The van der Waals surface area contributed by atoms with E-state index in [2.05, 4.69) is 33.5 Å². The minimum Gasteiger partial charge on any atom is -0.279 e. The largest absolute Gasteiger partial charge is 0.279 e. The molecular weight excluding hydrogens is 246 g/mol. The van der Waals surface area contributed by atoms with Crippen molar-refractivity contribution in [3.63, 3.8) is 0 Å². The molecule has 0 aliphatic heterocycles. The SMILES string of the molecule is C=CCc1nnc(-c2ccccc2)n1-c1ccccc1. The van der Waals surface area contributed by atoms with Crippen molar-refractivity contribution in [2.45, 2.75) is 6.42 Å². The van der Waals surface area contributed by atoms with Gasteiger partial charge in [0.15, 0.2) is 5.82 Å². The average molecular weight is 261 g/mol. The fourth-order valence-electron chi connectivity index (χ4n) is 2.20. The van der Waals surface area contributed by atoms with E-state index in [9.17, 15) is 0 Å². The van der Waals surface area contributed by atoms with Gasteiger partial charge in [0.1, 0.15) is 5.82 Å². The molecule has 0 bridgehead atoms. The maximum Gasteiger partial charge on any atom is 0.168 e. The maximum atomic E-state index is 4.35. The molecule has 0 saturated carbocycles. The number of allylic oxidation sites excluding steroid dienone is 1. The van der Waals surface area contributed by atoms with Gasteiger partial charge in [-0.3, -0.25) is 4.57 Å². The predicted molar refractivity (Wildman–Crippen MR) is 80.7 cm³/mol. The lowest BCUT2D eigenvalue weighted by molar-refractivity contribution is 0.923. The molecule has 0 unspecified atom stereocenters. The van der Waals surface area contributed by atoms with Gasteiger partial charge in [-0.15, -0.1) is 16.8 Å². The molecule has 1 aromatic heterocycles. The zero-order valence-electron chi connectivity index (χ0n) is 11.1. The zero-order valence-corrected chi connectivity index (χ0v) is 11.1. The van der Waals surface area contributed by atoms with E-state index in [1.165, 1.54) is 0 Å². The molecule has 0 aliphatic rings. The van der Waals surface area contributed by atoms with E-state index < -0.39 is 0 Å². The quantitative estimate of drug-likeness (QED) is 0.671. The van der Waals surface area contributed by atoms with Crippen LogP contribution in [0, 0.1) is 0 Å². The summed E-state index contributed by atoms with van der Waals surface area (Å²) in [7, 11) is 0. The number of para-hydroxylation sites is 1. The van der Waals surface area contributed by atoms with E-state index in [0.717, 1.165) is 22.9 Å². The van der Waals surface area contributed by atoms with Crippen LogP contribution in [0.4, 0.5) is 0 Å². The molecule has 2 aromatic carbocycles. The second-order valence-electron chi connectivity index (χ2n) is 4.47. The summed E-state index contributed by atoms with van der Waals surface area (Å²) in [5, 5.41) is 8.65. The Hall–Kier alpha value is -2.68. The number of rotatable bonds is 4. The lowest BCUT2D eigenvalue weighted by Gasteiger charge is -2.09. The fourth-order valence-corrected chi connectivity index (χ4v) is 2.20. The summed E-state index contributed by atoms with van der Waals surface area (Å²) >= 11 is 0.